The lowest BCUT2D eigenvalue weighted by Gasteiger charge is -2.25. The largest absolute Gasteiger partial charge is 0.213 e. The van der Waals surface area contributed by atoms with Gasteiger partial charge in [-0.15, -0.1) is 0 Å². The minimum Gasteiger partial charge on any atom is -0.213 e. The number of nitrogens with zero attached hydrogens (tertiary/aromatic N) is 1. The Labute approximate surface area is 161 Å². The van der Waals surface area contributed by atoms with Gasteiger partial charge in [-0.1, -0.05) is 94.4 Å². The van der Waals surface area contributed by atoms with Crippen LogP contribution in [0, 0.1) is 6.92 Å². The Kier molecular flexibility index (Phi) is 12.8. The number of halogens is 1. The molecule has 142 valence electrons. The zero-order chi connectivity index (χ0) is 18.3. The van der Waals surface area contributed by atoms with Gasteiger partial charge in [0.25, 0.3) is 0 Å². The maximum absolute atomic E-state index is 6.71. The van der Waals surface area contributed by atoms with Gasteiger partial charge in [0.2, 0.25) is 0 Å². The van der Waals surface area contributed by atoms with Crippen molar-refractivity contribution in [2.45, 2.75) is 97.6 Å². The highest BCUT2D eigenvalue weighted by molar-refractivity contribution is 6.13. The lowest BCUT2D eigenvalue weighted by Crippen LogP contribution is -2.26. The van der Waals surface area contributed by atoms with Gasteiger partial charge in [-0.2, -0.15) is 0 Å². The predicted octanol–water partition coefficient (Wildman–Crippen LogP) is 7.82. The van der Waals surface area contributed by atoms with Gasteiger partial charge in [-0.25, -0.2) is 4.42 Å². The summed E-state index contributed by atoms with van der Waals surface area (Å²) in [4.78, 5) is 0. The van der Waals surface area contributed by atoms with Crippen molar-refractivity contribution in [2.75, 3.05) is 0 Å². The smallest absolute Gasteiger partial charge is 0.0392 e. The number of allylic oxidation sites excluding steroid dienone is 2. The molecule has 1 unspecified atom stereocenters. The van der Waals surface area contributed by atoms with E-state index in [1.54, 1.807) is 0 Å². The van der Waals surface area contributed by atoms with Gasteiger partial charge >= 0.3 is 0 Å². The second-order valence-corrected chi connectivity index (χ2v) is 7.67. The Morgan fingerprint density at radius 1 is 0.880 bits per heavy atom. The molecule has 0 aliphatic carbocycles. The Morgan fingerprint density at radius 2 is 1.56 bits per heavy atom. The molecule has 0 aromatic heterocycles. The highest BCUT2D eigenvalue weighted by Crippen LogP contribution is 2.21. The summed E-state index contributed by atoms with van der Waals surface area (Å²) in [5.41, 5.74) is 2.61. The van der Waals surface area contributed by atoms with Gasteiger partial charge in [0.05, 0.1) is 0 Å². The third-order valence-corrected chi connectivity index (χ3v) is 5.18. The number of hydrogen-bond acceptors (Lipinski definition) is 1. The Hall–Kier alpha value is -0.790. The van der Waals surface area contributed by atoms with Crippen molar-refractivity contribution in [3.05, 3.63) is 47.5 Å². The Bertz CT molecular complexity index is 452. The van der Waals surface area contributed by atoms with Crippen LogP contribution in [0.3, 0.4) is 0 Å². The number of benzene rings is 1. The third kappa shape index (κ3) is 10.7. The second kappa shape index (κ2) is 14.4. The van der Waals surface area contributed by atoms with Crippen molar-refractivity contribution in [1.29, 1.82) is 0 Å². The molecule has 0 saturated carbocycles. The van der Waals surface area contributed by atoms with E-state index < -0.39 is 0 Å². The van der Waals surface area contributed by atoms with E-state index in [4.69, 9.17) is 11.8 Å². The summed E-state index contributed by atoms with van der Waals surface area (Å²) >= 11 is 6.71. The van der Waals surface area contributed by atoms with Crippen LogP contribution < -0.4 is 0 Å². The lowest BCUT2D eigenvalue weighted by atomic mass is 10.0. The molecular formula is C23H38ClN. The van der Waals surface area contributed by atoms with E-state index in [-0.39, 0.29) is 0 Å². The van der Waals surface area contributed by atoms with Crippen molar-refractivity contribution < 1.29 is 0 Å². The number of unbranched alkanes of at least 4 members (excludes halogenated alkanes) is 5. The van der Waals surface area contributed by atoms with Crippen molar-refractivity contribution in [1.82, 2.24) is 4.42 Å². The molecule has 1 aromatic rings. The summed E-state index contributed by atoms with van der Waals surface area (Å²) in [5.74, 6) is 0. The molecule has 0 fully saturated rings. The zero-order valence-electron chi connectivity index (χ0n) is 16.6. The fourth-order valence-corrected chi connectivity index (χ4v) is 3.43. The molecule has 1 nitrogen and oxygen atoms in total. The molecule has 0 heterocycles. The highest BCUT2D eigenvalue weighted by Gasteiger charge is 2.16. The molecule has 0 spiro atoms. The van der Waals surface area contributed by atoms with Crippen LogP contribution in [0.4, 0.5) is 0 Å². The Morgan fingerprint density at radius 3 is 2.24 bits per heavy atom. The molecule has 0 bridgehead atoms. The maximum atomic E-state index is 6.71. The van der Waals surface area contributed by atoms with Gasteiger partial charge in [-0.05, 0) is 49.9 Å². The van der Waals surface area contributed by atoms with E-state index >= 15 is 0 Å². The number of aryl methyl sites for hydroxylation is 1. The fourth-order valence-electron chi connectivity index (χ4n) is 3.10. The summed E-state index contributed by atoms with van der Waals surface area (Å²) in [6.45, 7) is 7.46. The summed E-state index contributed by atoms with van der Waals surface area (Å²) < 4.78 is 2.05. The van der Waals surface area contributed by atoms with Crippen molar-refractivity contribution in [3.63, 3.8) is 0 Å². The van der Waals surface area contributed by atoms with E-state index in [9.17, 15) is 0 Å². The number of hydrogen-bond donors (Lipinski definition) is 0. The minimum absolute atomic E-state index is 0.468. The second-order valence-electron chi connectivity index (χ2n) is 7.24. The predicted molar refractivity (Wildman–Crippen MR) is 113 cm³/mol. The summed E-state index contributed by atoms with van der Waals surface area (Å²) in [7, 11) is 0. The zero-order valence-corrected chi connectivity index (χ0v) is 17.4. The lowest BCUT2D eigenvalue weighted by molar-refractivity contribution is 0.291. The van der Waals surface area contributed by atoms with Gasteiger partial charge in [0.15, 0.2) is 0 Å². The minimum atomic E-state index is 0.468. The average Bonchev–Trinajstić information content (AvgIpc) is 2.61. The quantitative estimate of drug-likeness (QED) is 0.185. The summed E-state index contributed by atoms with van der Waals surface area (Å²) in [6.07, 6.45) is 17.2. The van der Waals surface area contributed by atoms with E-state index in [1.165, 1.54) is 62.5 Å². The molecule has 0 N–H and O–H groups in total. The van der Waals surface area contributed by atoms with Crippen LogP contribution in [0.2, 0.25) is 0 Å². The summed E-state index contributed by atoms with van der Waals surface area (Å²) in [6, 6.07) is 9.21. The highest BCUT2D eigenvalue weighted by atomic mass is 35.5. The van der Waals surface area contributed by atoms with Crippen LogP contribution in [0.1, 0.15) is 89.2 Å². The standard InChI is InChI=1S/C23H38ClN/c1-4-6-8-10-12-14-23(15-13-11-9-7-5-2)25(24)20-22-18-16-21(3)17-19-22/h8,10,16-19,23H,4-7,9,11-15,20H2,1-3H3/b10-8+. The first-order valence-electron chi connectivity index (χ1n) is 10.3. The van der Waals surface area contributed by atoms with E-state index in [1.807, 2.05) is 0 Å². The van der Waals surface area contributed by atoms with Gasteiger partial charge in [0, 0.05) is 12.6 Å². The first kappa shape index (κ1) is 22.3. The van der Waals surface area contributed by atoms with E-state index in [0.29, 0.717) is 6.04 Å². The molecule has 25 heavy (non-hydrogen) atoms. The molecule has 1 rings (SSSR count). The summed E-state index contributed by atoms with van der Waals surface area (Å²) in [5, 5.41) is 0. The third-order valence-electron chi connectivity index (χ3n) is 4.78. The molecule has 0 aliphatic heterocycles. The Balaban J connectivity index is 2.49. The van der Waals surface area contributed by atoms with Crippen LogP contribution in [0.25, 0.3) is 0 Å². The monoisotopic (exact) mass is 363 g/mol. The molecule has 0 saturated heterocycles. The fraction of sp³-hybridized carbons (Fsp3) is 0.652. The molecular weight excluding hydrogens is 326 g/mol. The molecule has 1 atom stereocenters. The van der Waals surface area contributed by atoms with Crippen LogP contribution in [0.5, 0.6) is 0 Å². The number of rotatable bonds is 14. The van der Waals surface area contributed by atoms with Crippen LogP contribution in [0.15, 0.2) is 36.4 Å². The first-order chi connectivity index (χ1) is 12.2. The van der Waals surface area contributed by atoms with Gasteiger partial charge in [0.1, 0.15) is 0 Å². The maximum Gasteiger partial charge on any atom is 0.0392 e. The normalized spacial score (nSPS) is 13.0. The topological polar surface area (TPSA) is 3.24 Å². The van der Waals surface area contributed by atoms with Crippen LogP contribution in [-0.4, -0.2) is 10.5 Å². The van der Waals surface area contributed by atoms with Crippen molar-refractivity contribution in [3.8, 4) is 0 Å². The first-order valence-corrected chi connectivity index (χ1v) is 10.6. The van der Waals surface area contributed by atoms with Gasteiger partial charge < -0.3 is 0 Å². The van der Waals surface area contributed by atoms with Crippen LogP contribution in [-0.2, 0) is 6.54 Å². The molecule has 0 aliphatic rings. The van der Waals surface area contributed by atoms with E-state index in [0.717, 1.165) is 19.4 Å². The molecule has 0 radical (unpaired) electrons. The molecule has 2 heteroatoms. The van der Waals surface area contributed by atoms with Gasteiger partial charge in [-0.3, -0.25) is 0 Å². The van der Waals surface area contributed by atoms with Crippen molar-refractivity contribution in [2.24, 2.45) is 0 Å². The van der Waals surface area contributed by atoms with Crippen LogP contribution >= 0.6 is 11.8 Å². The average molecular weight is 364 g/mol. The molecule has 0 amide bonds. The molecule has 1 aromatic carbocycles. The SMILES string of the molecule is CCC/C=C/CCC(CCCCCCC)N(Cl)Cc1ccc(C)cc1. The van der Waals surface area contributed by atoms with E-state index in [2.05, 4.69) is 61.6 Å². The van der Waals surface area contributed by atoms with Crippen molar-refractivity contribution >= 4 is 11.8 Å².